The standard InChI is InChI=1S/C24H26N2O3S/c1-3-29-22-7-5-4-6-21(22)24-25-19(16-30-24)14-23(27)26-13-12-18(15-26)17-8-10-20(28-2)11-9-17/h4-11,16,18H,3,12-15H2,1-2H3. The van der Waals surface area contributed by atoms with E-state index in [0.29, 0.717) is 18.9 Å². The molecule has 2 heterocycles. The van der Waals surface area contributed by atoms with Crippen LogP contribution in [-0.2, 0) is 11.2 Å². The molecule has 1 aromatic heterocycles. The molecular weight excluding hydrogens is 396 g/mol. The van der Waals surface area contributed by atoms with Crippen LogP contribution in [0.1, 0.15) is 30.5 Å². The number of methoxy groups -OCH3 is 1. The lowest BCUT2D eigenvalue weighted by Gasteiger charge is -2.16. The van der Waals surface area contributed by atoms with E-state index in [4.69, 9.17) is 14.5 Å². The number of para-hydroxylation sites is 1. The van der Waals surface area contributed by atoms with E-state index in [1.54, 1.807) is 18.4 Å². The number of benzene rings is 2. The number of hydrogen-bond acceptors (Lipinski definition) is 5. The van der Waals surface area contributed by atoms with E-state index in [1.165, 1.54) is 5.56 Å². The summed E-state index contributed by atoms with van der Waals surface area (Å²) in [5, 5.41) is 2.87. The predicted molar refractivity (Wildman–Crippen MR) is 119 cm³/mol. The van der Waals surface area contributed by atoms with Crippen molar-refractivity contribution in [3.63, 3.8) is 0 Å². The van der Waals surface area contributed by atoms with Crippen LogP contribution in [0.15, 0.2) is 53.9 Å². The zero-order valence-electron chi connectivity index (χ0n) is 17.3. The highest BCUT2D eigenvalue weighted by Gasteiger charge is 2.27. The number of carbonyl (C=O) groups is 1. The van der Waals surface area contributed by atoms with E-state index in [9.17, 15) is 4.79 Å². The molecule has 1 saturated heterocycles. The third-order valence-electron chi connectivity index (χ3n) is 5.43. The van der Waals surface area contributed by atoms with Gasteiger partial charge >= 0.3 is 0 Å². The molecule has 1 fully saturated rings. The monoisotopic (exact) mass is 422 g/mol. The Kier molecular flexibility index (Phi) is 6.33. The molecule has 1 unspecified atom stereocenters. The van der Waals surface area contributed by atoms with Gasteiger partial charge in [-0.3, -0.25) is 4.79 Å². The summed E-state index contributed by atoms with van der Waals surface area (Å²) < 4.78 is 10.9. The zero-order valence-corrected chi connectivity index (χ0v) is 18.2. The smallest absolute Gasteiger partial charge is 0.228 e. The largest absolute Gasteiger partial charge is 0.497 e. The summed E-state index contributed by atoms with van der Waals surface area (Å²) in [6.07, 6.45) is 1.32. The number of thiazole rings is 1. The van der Waals surface area contributed by atoms with Crippen LogP contribution in [0.2, 0.25) is 0 Å². The fourth-order valence-electron chi connectivity index (χ4n) is 3.84. The minimum absolute atomic E-state index is 0.140. The summed E-state index contributed by atoms with van der Waals surface area (Å²) >= 11 is 1.55. The van der Waals surface area contributed by atoms with Crippen molar-refractivity contribution in [3.05, 3.63) is 65.2 Å². The molecule has 1 aliphatic heterocycles. The summed E-state index contributed by atoms with van der Waals surface area (Å²) in [7, 11) is 1.67. The number of hydrogen-bond donors (Lipinski definition) is 0. The molecule has 0 bridgehead atoms. The molecule has 3 aromatic rings. The molecule has 5 nitrogen and oxygen atoms in total. The molecule has 4 rings (SSSR count). The lowest BCUT2D eigenvalue weighted by atomic mass is 9.98. The Balaban J connectivity index is 1.39. The molecule has 30 heavy (non-hydrogen) atoms. The van der Waals surface area contributed by atoms with Gasteiger partial charge in [0.1, 0.15) is 16.5 Å². The molecule has 0 spiro atoms. The van der Waals surface area contributed by atoms with Gasteiger partial charge in [0.2, 0.25) is 5.91 Å². The molecule has 1 atom stereocenters. The van der Waals surface area contributed by atoms with Gasteiger partial charge in [-0.2, -0.15) is 0 Å². The first kappa shape index (κ1) is 20.4. The predicted octanol–water partition coefficient (Wildman–Crippen LogP) is 4.78. The number of carbonyl (C=O) groups excluding carboxylic acids is 1. The fourth-order valence-corrected chi connectivity index (χ4v) is 4.69. The van der Waals surface area contributed by atoms with Crippen molar-refractivity contribution in [1.82, 2.24) is 9.88 Å². The highest BCUT2D eigenvalue weighted by molar-refractivity contribution is 7.13. The topological polar surface area (TPSA) is 51.7 Å². The van der Waals surface area contributed by atoms with Gasteiger partial charge < -0.3 is 14.4 Å². The second-order valence-corrected chi connectivity index (χ2v) is 8.21. The quantitative estimate of drug-likeness (QED) is 0.550. The molecule has 2 aromatic carbocycles. The maximum atomic E-state index is 12.9. The second kappa shape index (κ2) is 9.30. The van der Waals surface area contributed by atoms with E-state index in [0.717, 1.165) is 47.3 Å². The first-order valence-electron chi connectivity index (χ1n) is 10.3. The highest BCUT2D eigenvalue weighted by atomic mass is 32.1. The lowest BCUT2D eigenvalue weighted by molar-refractivity contribution is -0.129. The maximum Gasteiger partial charge on any atom is 0.228 e. The van der Waals surface area contributed by atoms with Gasteiger partial charge in [-0.1, -0.05) is 24.3 Å². The van der Waals surface area contributed by atoms with Crippen LogP contribution in [0.4, 0.5) is 0 Å². The summed E-state index contributed by atoms with van der Waals surface area (Å²) in [6, 6.07) is 16.1. The summed E-state index contributed by atoms with van der Waals surface area (Å²) in [4.78, 5) is 19.5. The Bertz CT molecular complexity index is 1000. The number of amides is 1. The second-order valence-electron chi connectivity index (χ2n) is 7.35. The Morgan fingerprint density at radius 3 is 2.77 bits per heavy atom. The van der Waals surface area contributed by atoms with Gasteiger partial charge in [-0.15, -0.1) is 11.3 Å². The summed E-state index contributed by atoms with van der Waals surface area (Å²) in [6.45, 7) is 4.13. The third kappa shape index (κ3) is 4.49. The van der Waals surface area contributed by atoms with Crippen molar-refractivity contribution in [2.75, 3.05) is 26.8 Å². The van der Waals surface area contributed by atoms with Gasteiger partial charge in [0.15, 0.2) is 0 Å². The van der Waals surface area contributed by atoms with E-state index in [2.05, 4.69) is 12.1 Å². The van der Waals surface area contributed by atoms with E-state index in [-0.39, 0.29) is 5.91 Å². The van der Waals surface area contributed by atoms with Gasteiger partial charge in [-0.25, -0.2) is 4.98 Å². The average Bonchev–Trinajstić information content (AvgIpc) is 3.45. The minimum Gasteiger partial charge on any atom is -0.497 e. The molecule has 6 heteroatoms. The Morgan fingerprint density at radius 2 is 2.00 bits per heavy atom. The number of ether oxygens (including phenoxy) is 2. The van der Waals surface area contributed by atoms with Crippen molar-refractivity contribution < 1.29 is 14.3 Å². The Labute approximate surface area is 181 Å². The van der Waals surface area contributed by atoms with E-state index >= 15 is 0 Å². The zero-order chi connectivity index (χ0) is 20.9. The number of nitrogens with zero attached hydrogens (tertiary/aromatic N) is 2. The number of likely N-dealkylation sites (tertiary alicyclic amines) is 1. The number of aromatic nitrogens is 1. The van der Waals surface area contributed by atoms with Crippen LogP contribution in [-0.4, -0.2) is 42.6 Å². The maximum absolute atomic E-state index is 12.9. The van der Waals surface area contributed by atoms with Crippen LogP contribution < -0.4 is 9.47 Å². The van der Waals surface area contributed by atoms with Gasteiger partial charge in [0, 0.05) is 24.4 Å². The van der Waals surface area contributed by atoms with Crippen LogP contribution in [0.25, 0.3) is 10.6 Å². The van der Waals surface area contributed by atoms with Crippen LogP contribution in [0, 0.1) is 0 Å². The lowest BCUT2D eigenvalue weighted by Crippen LogP contribution is -2.30. The highest BCUT2D eigenvalue weighted by Crippen LogP contribution is 2.33. The van der Waals surface area contributed by atoms with Crippen molar-refractivity contribution in [2.45, 2.75) is 25.7 Å². The minimum atomic E-state index is 0.140. The number of rotatable bonds is 7. The van der Waals surface area contributed by atoms with Crippen molar-refractivity contribution >= 4 is 17.2 Å². The van der Waals surface area contributed by atoms with Crippen molar-refractivity contribution in [3.8, 4) is 22.1 Å². The third-order valence-corrected chi connectivity index (χ3v) is 6.35. The van der Waals surface area contributed by atoms with Gasteiger partial charge in [-0.05, 0) is 43.2 Å². The normalized spacial score (nSPS) is 15.9. The summed E-state index contributed by atoms with van der Waals surface area (Å²) in [5.74, 6) is 2.20. The molecule has 156 valence electrons. The molecule has 1 aliphatic rings. The van der Waals surface area contributed by atoms with Gasteiger partial charge in [0.25, 0.3) is 0 Å². The van der Waals surface area contributed by atoms with Crippen molar-refractivity contribution in [1.29, 1.82) is 0 Å². The molecule has 0 aliphatic carbocycles. The molecule has 0 N–H and O–H groups in total. The Hall–Kier alpha value is -2.86. The van der Waals surface area contributed by atoms with Crippen LogP contribution in [0.5, 0.6) is 11.5 Å². The molecule has 0 radical (unpaired) electrons. The SMILES string of the molecule is CCOc1ccccc1-c1nc(CC(=O)N2CCC(c3ccc(OC)cc3)C2)cs1. The van der Waals surface area contributed by atoms with E-state index in [1.807, 2.05) is 53.6 Å². The fraction of sp³-hybridized carbons (Fsp3) is 0.333. The van der Waals surface area contributed by atoms with Crippen LogP contribution in [0.3, 0.4) is 0 Å². The molecule has 1 amide bonds. The van der Waals surface area contributed by atoms with Gasteiger partial charge in [0.05, 0.1) is 31.4 Å². The first-order valence-corrected chi connectivity index (χ1v) is 11.1. The molecular formula is C24H26N2O3S. The molecule has 0 saturated carbocycles. The van der Waals surface area contributed by atoms with Crippen LogP contribution >= 0.6 is 11.3 Å². The Morgan fingerprint density at radius 1 is 1.20 bits per heavy atom. The van der Waals surface area contributed by atoms with Crippen molar-refractivity contribution in [2.24, 2.45) is 0 Å². The van der Waals surface area contributed by atoms with E-state index < -0.39 is 0 Å². The summed E-state index contributed by atoms with van der Waals surface area (Å²) in [5.41, 5.74) is 3.05. The first-order chi connectivity index (χ1) is 14.7. The average molecular weight is 423 g/mol.